The number of aromatic amines is 1. The Morgan fingerprint density at radius 3 is 2.82 bits per heavy atom. The molecule has 0 aliphatic rings. The number of nitro groups is 1. The number of ether oxygens (including phenoxy) is 1. The Bertz CT molecular complexity index is 1210. The Morgan fingerprint density at radius 2 is 2.18 bits per heavy atom. The standard InChI is InChI=1S/C17H12ClN3O6S/c1-7-12-15(23)19-14(20-16(12)28-13(7)17(24)27-2)9(18)5-8-3-4-11(22)10(6-8)21(25)26/h3-6,22H,1-2H3,(H,19,20,23)/b9-5-. The van der Waals surface area contributed by atoms with E-state index < -0.39 is 27.9 Å². The summed E-state index contributed by atoms with van der Waals surface area (Å²) >= 11 is 7.23. The number of hydrogen-bond donors (Lipinski definition) is 2. The molecule has 0 bridgehead atoms. The van der Waals surface area contributed by atoms with E-state index >= 15 is 0 Å². The van der Waals surface area contributed by atoms with E-state index in [0.29, 0.717) is 16.0 Å². The maximum atomic E-state index is 12.4. The number of thiophene rings is 1. The first-order valence-electron chi connectivity index (χ1n) is 7.69. The molecule has 0 unspecified atom stereocenters. The molecule has 0 aliphatic carbocycles. The van der Waals surface area contributed by atoms with Gasteiger partial charge in [-0.1, -0.05) is 17.7 Å². The molecular formula is C17H12ClN3O6S. The molecule has 0 aliphatic heterocycles. The summed E-state index contributed by atoms with van der Waals surface area (Å²) in [5.74, 6) is -1.01. The molecule has 0 radical (unpaired) electrons. The van der Waals surface area contributed by atoms with Crippen molar-refractivity contribution < 1.29 is 19.6 Å². The number of nitrogens with zero attached hydrogens (tertiary/aromatic N) is 2. The topological polar surface area (TPSA) is 135 Å². The van der Waals surface area contributed by atoms with E-state index in [0.717, 1.165) is 17.4 Å². The van der Waals surface area contributed by atoms with Gasteiger partial charge in [0, 0.05) is 6.07 Å². The number of nitrogens with one attached hydrogen (secondary N) is 1. The zero-order chi connectivity index (χ0) is 20.6. The van der Waals surface area contributed by atoms with Crippen molar-refractivity contribution in [2.24, 2.45) is 0 Å². The van der Waals surface area contributed by atoms with E-state index in [9.17, 15) is 24.8 Å². The number of nitro benzene ring substituents is 1. The average molecular weight is 422 g/mol. The minimum absolute atomic E-state index is 0.0182. The normalized spacial score (nSPS) is 11.6. The van der Waals surface area contributed by atoms with Crippen molar-refractivity contribution in [1.29, 1.82) is 0 Å². The lowest BCUT2D eigenvalue weighted by Crippen LogP contribution is -2.10. The largest absolute Gasteiger partial charge is 0.502 e. The van der Waals surface area contributed by atoms with Crippen LogP contribution in [0.25, 0.3) is 21.3 Å². The van der Waals surface area contributed by atoms with Crippen molar-refractivity contribution in [2.45, 2.75) is 6.92 Å². The SMILES string of the molecule is COC(=O)c1sc2nc(/C(Cl)=C/c3ccc(O)c([N+](=O)[O-])c3)[nH]c(=O)c2c1C. The lowest BCUT2D eigenvalue weighted by atomic mass is 10.1. The van der Waals surface area contributed by atoms with Crippen LogP contribution in [0.2, 0.25) is 0 Å². The van der Waals surface area contributed by atoms with Gasteiger partial charge in [-0.2, -0.15) is 0 Å². The number of carbonyl (C=O) groups excluding carboxylic acids is 1. The predicted molar refractivity (Wildman–Crippen MR) is 105 cm³/mol. The van der Waals surface area contributed by atoms with Crippen molar-refractivity contribution >= 4 is 55.9 Å². The van der Waals surface area contributed by atoms with E-state index in [1.54, 1.807) is 6.92 Å². The molecule has 2 N–H and O–H groups in total. The van der Waals surface area contributed by atoms with Gasteiger partial charge < -0.3 is 14.8 Å². The van der Waals surface area contributed by atoms with Gasteiger partial charge >= 0.3 is 11.7 Å². The second-order valence-electron chi connectivity index (χ2n) is 5.64. The quantitative estimate of drug-likeness (QED) is 0.374. The molecule has 0 fully saturated rings. The van der Waals surface area contributed by atoms with Gasteiger partial charge in [0.15, 0.2) is 11.6 Å². The third-order valence-corrected chi connectivity index (χ3v) is 5.34. The van der Waals surface area contributed by atoms with Gasteiger partial charge in [0.2, 0.25) is 0 Å². The smallest absolute Gasteiger partial charge is 0.348 e. The number of rotatable bonds is 4. The summed E-state index contributed by atoms with van der Waals surface area (Å²) < 4.78 is 4.70. The Hall–Kier alpha value is -3.24. The Labute approximate surface area is 166 Å². The number of aromatic nitrogens is 2. The number of carbonyl (C=O) groups is 1. The number of fused-ring (bicyclic) bond motifs is 1. The van der Waals surface area contributed by atoms with E-state index in [2.05, 4.69) is 9.97 Å². The van der Waals surface area contributed by atoms with E-state index in [1.165, 1.54) is 25.3 Å². The Morgan fingerprint density at radius 1 is 1.46 bits per heavy atom. The van der Waals surface area contributed by atoms with Crippen LogP contribution in [0.5, 0.6) is 5.75 Å². The number of benzene rings is 1. The third-order valence-electron chi connectivity index (χ3n) is 3.89. The zero-order valence-corrected chi connectivity index (χ0v) is 16.1. The Kier molecular flexibility index (Phi) is 5.16. The molecule has 144 valence electrons. The van der Waals surface area contributed by atoms with Crippen molar-refractivity contribution in [2.75, 3.05) is 7.11 Å². The molecule has 0 saturated carbocycles. The minimum atomic E-state index is -0.727. The molecular weight excluding hydrogens is 410 g/mol. The number of phenolic OH excluding ortho intramolecular Hbond substituents is 1. The summed E-state index contributed by atoms with van der Waals surface area (Å²) in [6, 6.07) is 3.73. The number of H-pyrrole nitrogens is 1. The van der Waals surface area contributed by atoms with Gasteiger partial charge in [0.25, 0.3) is 5.56 Å². The van der Waals surface area contributed by atoms with Crippen molar-refractivity contribution in [3.8, 4) is 5.75 Å². The third kappa shape index (κ3) is 3.47. The van der Waals surface area contributed by atoms with Gasteiger partial charge in [-0.3, -0.25) is 14.9 Å². The lowest BCUT2D eigenvalue weighted by Gasteiger charge is -2.01. The van der Waals surface area contributed by atoms with Gasteiger partial charge in [-0.25, -0.2) is 9.78 Å². The summed E-state index contributed by atoms with van der Waals surface area (Å²) in [7, 11) is 1.24. The van der Waals surface area contributed by atoms with Crippen LogP contribution in [-0.2, 0) is 4.74 Å². The van der Waals surface area contributed by atoms with E-state index in [4.69, 9.17) is 16.3 Å². The van der Waals surface area contributed by atoms with Crippen LogP contribution in [-0.4, -0.2) is 33.1 Å². The van der Waals surface area contributed by atoms with Crippen LogP contribution >= 0.6 is 22.9 Å². The van der Waals surface area contributed by atoms with Crippen molar-refractivity contribution in [3.05, 3.63) is 60.5 Å². The molecule has 3 rings (SSSR count). The molecule has 1 aromatic carbocycles. The molecule has 2 heterocycles. The maximum absolute atomic E-state index is 12.4. The fourth-order valence-corrected chi connectivity index (χ4v) is 3.85. The summed E-state index contributed by atoms with van der Waals surface area (Å²) in [5, 5.41) is 20.7. The van der Waals surface area contributed by atoms with Crippen LogP contribution in [0, 0.1) is 17.0 Å². The first-order chi connectivity index (χ1) is 13.2. The fraction of sp³-hybridized carbons (Fsp3) is 0.118. The molecule has 28 heavy (non-hydrogen) atoms. The molecule has 0 amide bonds. The van der Waals surface area contributed by atoms with Crippen molar-refractivity contribution in [1.82, 2.24) is 9.97 Å². The molecule has 9 nitrogen and oxygen atoms in total. The Balaban J connectivity index is 2.10. The molecule has 0 atom stereocenters. The molecule has 0 spiro atoms. The summed E-state index contributed by atoms with van der Waals surface area (Å²) in [6.45, 7) is 1.62. The molecule has 2 aromatic heterocycles. The fourth-order valence-electron chi connectivity index (χ4n) is 2.54. The monoisotopic (exact) mass is 421 g/mol. The summed E-state index contributed by atoms with van der Waals surface area (Å²) in [5.41, 5.74) is -0.171. The molecule has 11 heteroatoms. The number of aromatic hydroxyl groups is 1. The van der Waals surface area contributed by atoms with Crippen LogP contribution in [0.3, 0.4) is 0 Å². The molecule has 3 aromatic rings. The average Bonchev–Trinajstić information content (AvgIpc) is 2.99. The highest BCUT2D eigenvalue weighted by atomic mass is 35.5. The number of phenols is 1. The second kappa shape index (κ2) is 7.41. The minimum Gasteiger partial charge on any atom is -0.502 e. The molecule has 0 saturated heterocycles. The van der Waals surface area contributed by atoms with Crippen LogP contribution in [0.15, 0.2) is 23.0 Å². The number of esters is 1. The first kappa shape index (κ1) is 19.5. The number of methoxy groups -OCH3 is 1. The lowest BCUT2D eigenvalue weighted by molar-refractivity contribution is -0.385. The van der Waals surface area contributed by atoms with Crippen LogP contribution in [0.1, 0.15) is 26.6 Å². The summed E-state index contributed by atoms with van der Waals surface area (Å²) in [6.07, 6.45) is 1.36. The van der Waals surface area contributed by atoms with Gasteiger partial charge in [0.1, 0.15) is 9.71 Å². The van der Waals surface area contributed by atoms with E-state index in [-0.39, 0.29) is 21.1 Å². The number of hydrogen-bond acceptors (Lipinski definition) is 8. The van der Waals surface area contributed by atoms with Gasteiger partial charge in [0.05, 0.1) is 22.5 Å². The van der Waals surface area contributed by atoms with Crippen molar-refractivity contribution in [3.63, 3.8) is 0 Å². The first-order valence-corrected chi connectivity index (χ1v) is 8.89. The highest BCUT2D eigenvalue weighted by Crippen LogP contribution is 2.31. The highest BCUT2D eigenvalue weighted by Gasteiger charge is 2.20. The van der Waals surface area contributed by atoms with Crippen LogP contribution in [0.4, 0.5) is 5.69 Å². The predicted octanol–water partition coefficient (Wildman–Crippen LogP) is 3.43. The second-order valence-corrected chi connectivity index (χ2v) is 7.05. The number of halogens is 1. The van der Waals surface area contributed by atoms with Crippen LogP contribution < -0.4 is 5.56 Å². The summed E-state index contributed by atoms with van der Waals surface area (Å²) in [4.78, 5) is 41.9. The van der Waals surface area contributed by atoms with Gasteiger partial charge in [-0.05, 0) is 30.2 Å². The zero-order valence-electron chi connectivity index (χ0n) is 14.5. The maximum Gasteiger partial charge on any atom is 0.348 e. The highest BCUT2D eigenvalue weighted by molar-refractivity contribution is 7.20. The van der Waals surface area contributed by atoms with E-state index in [1.807, 2.05) is 0 Å². The van der Waals surface area contributed by atoms with Gasteiger partial charge in [-0.15, -0.1) is 11.3 Å². The number of aryl methyl sites for hydroxylation is 1.